The second-order valence-corrected chi connectivity index (χ2v) is 7.69. The van der Waals surface area contributed by atoms with Crippen molar-refractivity contribution in [2.75, 3.05) is 6.54 Å². The van der Waals surface area contributed by atoms with Gasteiger partial charge < -0.3 is 4.74 Å². The van der Waals surface area contributed by atoms with Crippen LogP contribution in [0, 0.1) is 6.20 Å². The Morgan fingerprint density at radius 1 is 1.04 bits per heavy atom. The van der Waals surface area contributed by atoms with Crippen molar-refractivity contribution in [1.29, 1.82) is 0 Å². The molecule has 0 amide bonds. The second kappa shape index (κ2) is 6.81. The summed E-state index contributed by atoms with van der Waals surface area (Å²) in [6, 6.07) is 9.84. The van der Waals surface area contributed by atoms with Crippen LogP contribution in [0.5, 0.6) is 11.5 Å². The number of sulfonamides is 1. The van der Waals surface area contributed by atoms with Crippen molar-refractivity contribution in [3.05, 3.63) is 72.6 Å². The van der Waals surface area contributed by atoms with Gasteiger partial charge in [0, 0.05) is 24.5 Å². The molecule has 2 aromatic heterocycles. The van der Waals surface area contributed by atoms with Gasteiger partial charge >= 0.3 is 0 Å². The summed E-state index contributed by atoms with van der Waals surface area (Å²) >= 11 is 0. The lowest BCUT2D eigenvalue weighted by atomic mass is 10.1. The quantitative estimate of drug-likeness (QED) is 0.703. The minimum absolute atomic E-state index is 0.223. The molecule has 26 heavy (non-hydrogen) atoms. The molecular weight excluding hydrogens is 352 g/mol. The lowest BCUT2D eigenvalue weighted by Crippen LogP contribution is -2.36. The van der Waals surface area contributed by atoms with Gasteiger partial charge in [0.2, 0.25) is 10.0 Å². The van der Waals surface area contributed by atoms with E-state index in [2.05, 4.69) is 21.1 Å². The average Bonchev–Trinajstić information content (AvgIpc) is 2.69. The Morgan fingerprint density at radius 3 is 2.54 bits per heavy atom. The molecule has 131 valence electrons. The van der Waals surface area contributed by atoms with Gasteiger partial charge in [0.05, 0.1) is 23.3 Å². The normalized spacial score (nSPS) is 14.6. The Hall–Kier alpha value is -2.84. The zero-order valence-corrected chi connectivity index (χ0v) is 14.6. The Bertz CT molecular complexity index is 1010. The summed E-state index contributed by atoms with van der Waals surface area (Å²) in [7, 11) is -3.60. The summed E-state index contributed by atoms with van der Waals surface area (Å²) in [4.78, 5) is 12.2. The third-order valence-corrected chi connectivity index (χ3v) is 5.96. The first kappa shape index (κ1) is 16.6. The maximum atomic E-state index is 12.9. The average molecular weight is 367 g/mol. The van der Waals surface area contributed by atoms with Crippen molar-refractivity contribution in [2.24, 2.45) is 0 Å². The molecule has 1 radical (unpaired) electrons. The first-order valence-electron chi connectivity index (χ1n) is 8.01. The molecule has 0 fully saturated rings. The van der Waals surface area contributed by atoms with Gasteiger partial charge in [-0.25, -0.2) is 18.4 Å². The molecule has 1 aliphatic rings. The van der Waals surface area contributed by atoms with E-state index < -0.39 is 10.0 Å². The lowest BCUT2D eigenvalue weighted by molar-refractivity contribution is 0.384. The maximum Gasteiger partial charge on any atom is 0.243 e. The fourth-order valence-electron chi connectivity index (χ4n) is 2.74. The number of ether oxygens (including phenoxy) is 1. The molecule has 0 atom stereocenters. The van der Waals surface area contributed by atoms with Crippen LogP contribution in [0.4, 0.5) is 0 Å². The van der Waals surface area contributed by atoms with Gasteiger partial charge in [0.15, 0.2) is 0 Å². The van der Waals surface area contributed by atoms with E-state index in [1.807, 2.05) is 0 Å². The molecule has 1 aliphatic heterocycles. The Morgan fingerprint density at radius 2 is 1.77 bits per heavy atom. The fraction of sp³-hybridized carbons (Fsp3) is 0.167. The number of fused-ring (bicyclic) bond motifs is 1. The van der Waals surface area contributed by atoms with E-state index in [-0.39, 0.29) is 11.4 Å². The van der Waals surface area contributed by atoms with Crippen LogP contribution in [0.15, 0.2) is 60.0 Å². The molecule has 0 saturated heterocycles. The summed E-state index contributed by atoms with van der Waals surface area (Å²) in [6.45, 7) is 0.612. The number of aromatic nitrogens is 3. The van der Waals surface area contributed by atoms with E-state index >= 15 is 0 Å². The summed E-state index contributed by atoms with van der Waals surface area (Å²) in [5.74, 6) is 1.20. The van der Waals surface area contributed by atoms with Gasteiger partial charge in [-0.15, -0.1) is 0 Å². The molecule has 1 aromatic carbocycles. The van der Waals surface area contributed by atoms with Crippen LogP contribution in [-0.2, 0) is 23.0 Å². The smallest absolute Gasteiger partial charge is 0.243 e. The minimum Gasteiger partial charge on any atom is -0.457 e. The number of rotatable bonds is 4. The van der Waals surface area contributed by atoms with Crippen molar-refractivity contribution in [3.8, 4) is 11.5 Å². The van der Waals surface area contributed by atoms with Gasteiger partial charge in [0.1, 0.15) is 17.8 Å². The van der Waals surface area contributed by atoms with Crippen LogP contribution in [-0.4, -0.2) is 34.2 Å². The highest BCUT2D eigenvalue weighted by Crippen LogP contribution is 2.26. The van der Waals surface area contributed by atoms with Crippen molar-refractivity contribution >= 4 is 10.0 Å². The third-order valence-electron chi connectivity index (χ3n) is 4.10. The largest absolute Gasteiger partial charge is 0.457 e. The SMILES string of the molecule is O=S(=O)(c1ccc(Oc2ccncc2)cc1)N1CCc2[c]ncnc2C1. The Kier molecular flexibility index (Phi) is 4.36. The van der Waals surface area contributed by atoms with Crippen LogP contribution >= 0.6 is 0 Å². The molecule has 0 saturated carbocycles. The molecule has 3 heterocycles. The highest BCUT2D eigenvalue weighted by molar-refractivity contribution is 7.89. The standard InChI is InChI=1S/C18H15N4O3S/c23-26(24,22-10-7-14-11-20-13-21-18(14)12-22)17-3-1-15(2-4-17)25-16-5-8-19-9-6-16/h1-6,8-9,13H,7,10,12H2. The van der Waals surface area contributed by atoms with E-state index in [1.54, 1.807) is 48.8 Å². The molecule has 0 unspecified atom stereocenters. The van der Waals surface area contributed by atoms with E-state index in [1.165, 1.54) is 10.6 Å². The molecule has 7 nitrogen and oxygen atoms in total. The molecule has 4 rings (SSSR count). The predicted molar refractivity (Wildman–Crippen MR) is 92.9 cm³/mol. The highest BCUT2D eigenvalue weighted by Gasteiger charge is 2.29. The van der Waals surface area contributed by atoms with Gasteiger partial charge in [-0.05, 0) is 42.8 Å². The molecule has 3 aromatic rings. The molecular formula is C18H15N4O3S. The van der Waals surface area contributed by atoms with Gasteiger partial charge in [-0.3, -0.25) is 4.98 Å². The zero-order chi connectivity index (χ0) is 18.0. The topological polar surface area (TPSA) is 85.3 Å². The van der Waals surface area contributed by atoms with E-state index in [4.69, 9.17) is 4.74 Å². The van der Waals surface area contributed by atoms with Crippen molar-refractivity contribution in [1.82, 2.24) is 19.3 Å². The first-order chi connectivity index (χ1) is 12.6. The van der Waals surface area contributed by atoms with Crippen molar-refractivity contribution in [2.45, 2.75) is 17.9 Å². The second-order valence-electron chi connectivity index (χ2n) is 5.76. The molecule has 0 N–H and O–H groups in total. The number of hydrogen-bond acceptors (Lipinski definition) is 6. The zero-order valence-electron chi connectivity index (χ0n) is 13.7. The van der Waals surface area contributed by atoms with Crippen molar-refractivity contribution < 1.29 is 13.2 Å². The molecule has 8 heteroatoms. The monoisotopic (exact) mass is 367 g/mol. The first-order valence-corrected chi connectivity index (χ1v) is 9.45. The van der Waals surface area contributed by atoms with Gasteiger partial charge in [0.25, 0.3) is 0 Å². The van der Waals surface area contributed by atoms with Crippen LogP contribution in [0.25, 0.3) is 0 Å². The van der Waals surface area contributed by atoms with Gasteiger partial charge in [-0.1, -0.05) is 0 Å². The van der Waals surface area contributed by atoms with Crippen LogP contribution in [0.1, 0.15) is 11.3 Å². The number of pyridine rings is 1. The number of hydrogen-bond donors (Lipinski definition) is 0. The number of nitrogens with zero attached hydrogens (tertiary/aromatic N) is 4. The molecule has 0 bridgehead atoms. The summed E-state index contributed by atoms with van der Waals surface area (Å²) in [5.41, 5.74) is 1.58. The maximum absolute atomic E-state index is 12.9. The summed E-state index contributed by atoms with van der Waals surface area (Å²) in [6.07, 6.45) is 8.08. The Labute approximate surface area is 151 Å². The van der Waals surface area contributed by atoms with E-state index in [9.17, 15) is 8.42 Å². The van der Waals surface area contributed by atoms with Crippen LogP contribution < -0.4 is 4.74 Å². The predicted octanol–water partition coefficient (Wildman–Crippen LogP) is 2.21. The fourth-order valence-corrected chi connectivity index (χ4v) is 4.15. The van der Waals surface area contributed by atoms with Crippen LogP contribution in [0.2, 0.25) is 0 Å². The molecule has 0 spiro atoms. The third kappa shape index (κ3) is 3.29. The summed E-state index contributed by atoms with van der Waals surface area (Å²) in [5, 5.41) is 0. The number of benzene rings is 1. The summed E-state index contributed by atoms with van der Waals surface area (Å²) < 4.78 is 32.9. The van der Waals surface area contributed by atoms with E-state index in [0.29, 0.717) is 30.2 Å². The van der Waals surface area contributed by atoms with Crippen LogP contribution in [0.3, 0.4) is 0 Å². The minimum atomic E-state index is -3.60. The van der Waals surface area contributed by atoms with Gasteiger partial charge in [-0.2, -0.15) is 4.31 Å². The van der Waals surface area contributed by atoms with E-state index in [0.717, 1.165) is 5.56 Å². The molecule has 0 aliphatic carbocycles. The lowest BCUT2D eigenvalue weighted by Gasteiger charge is -2.26. The highest BCUT2D eigenvalue weighted by atomic mass is 32.2. The Balaban J connectivity index is 1.53. The van der Waals surface area contributed by atoms with Crippen molar-refractivity contribution in [3.63, 3.8) is 0 Å².